The van der Waals surface area contributed by atoms with Gasteiger partial charge >= 0.3 is 0 Å². The Labute approximate surface area is 110 Å². The Balaban J connectivity index is 2.62. The molecule has 1 heterocycles. The number of rotatable bonds is 2. The highest BCUT2D eigenvalue weighted by molar-refractivity contribution is 5.62. The molecule has 0 aliphatic rings. The smallest absolute Gasteiger partial charge is 0.201 e. The van der Waals surface area contributed by atoms with Crippen LogP contribution in [0.25, 0.3) is 11.3 Å². The third-order valence-corrected chi connectivity index (χ3v) is 3.51. The minimum absolute atomic E-state index is 0.569. The summed E-state index contributed by atoms with van der Waals surface area (Å²) in [4.78, 5) is 0. The summed E-state index contributed by atoms with van der Waals surface area (Å²) in [6, 6.07) is 11.2. The third-order valence-electron chi connectivity index (χ3n) is 3.51. The van der Waals surface area contributed by atoms with Gasteiger partial charge in [0.15, 0.2) is 6.20 Å². The molecule has 0 amide bonds. The van der Waals surface area contributed by atoms with Gasteiger partial charge in [-0.3, -0.25) is 0 Å². The SMILES string of the molecule is Cc1cc[n+](C)c(-c2cc(C(C)C)ccc2C)c1. The Morgan fingerprint density at radius 1 is 1.00 bits per heavy atom. The van der Waals surface area contributed by atoms with Crippen LogP contribution in [0.5, 0.6) is 0 Å². The largest absolute Gasteiger partial charge is 0.212 e. The zero-order valence-corrected chi connectivity index (χ0v) is 12.0. The van der Waals surface area contributed by atoms with Crippen molar-refractivity contribution >= 4 is 0 Å². The fourth-order valence-electron chi connectivity index (χ4n) is 2.22. The second kappa shape index (κ2) is 4.93. The van der Waals surface area contributed by atoms with Crippen molar-refractivity contribution in [2.24, 2.45) is 7.05 Å². The molecule has 0 saturated heterocycles. The van der Waals surface area contributed by atoms with Crippen LogP contribution in [0.4, 0.5) is 0 Å². The standard InChI is InChI=1S/C17H22N/c1-12(2)15-7-6-14(4)16(11-15)17-10-13(3)8-9-18(17)5/h6-12H,1-5H3/q+1. The fourth-order valence-corrected chi connectivity index (χ4v) is 2.22. The molecule has 2 aromatic rings. The second-order valence-electron chi connectivity index (χ2n) is 5.43. The van der Waals surface area contributed by atoms with Crippen LogP contribution in [-0.2, 0) is 7.05 Å². The zero-order chi connectivity index (χ0) is 13.3. The van der Waals surface area contributed by atoms with Crippen molar-refractivity contribution in [2.75, 3.05) is 0 Å². The van der Waals surface area contributed by atoms with Crippen molar-refractivity contribution in [1.82, 2.24) is 0 Å². The van der Waals surface area contributed by atoms with Gasteiger partial charge in [-0.1, -0.05) is 26.0 Å². The van der Waals surface area contributed by atoms with E-state index >= 15 is 0 Å². The van der Waals surface area contributed by atoms with E-state index in [1.807, 2.05) is 0 Å². The first-order valence-electron chi connectivity index (χ1n) is 6.56. The summed E-state index contributed by atoms with van der Waals surface area (Å²) in [6.45, 7) is 8.81. The molecule has 0 unspecified atom stereocenters. The average molecular weight is 240 g/mol. The van der Waals surface area contributed by atoms with E-state index in [9.17, 15) is 0 Å². The third kappa shape index (κ3) is 2.45. The quantitative estimate of drug-likeness (QED) is 0.701. The van der Waals surface area contributed by atoms with E-state index in [0.717, 1.165) is 0 Å². The molecule has 0 bridgehead atoms. The molecule has 18 heavy (non-hydrogen) atoms. The summed E-state index contributed by atoms with van der Waals surface area (Å²) in [5.74, 6) is 0.569. The minimum atomic E-state index is 0.569. The maximum absolute atomic E-state index is 2.33. The van der Waals surface area contributed by atoms with Gasteiger partial charge in [0.1, 0.15) is 7.05 Å². The average Bonchev–Trinajstić information content (AvgIpc) is 2.33. The lowest BCUT2D eigenvalue weighted by atomic mass is 9.95. The number of nitrogens with zero attached hydrogens (tertiary/aromatic N) is 1. The Bertz CT molecular complexity index is 568. The van der Waals surface area contributed by atoms with Gasteiger partial charge in [0, 0.05) is 17.7 Å². The molecule has 1 heteroatoms. The van der Waals surface area contributed by atoms with Gasteiger partial charge in [0.2, 0.25) is 5.69 Å². The Morgan fingerprint density at radius 3 is 2.39 bits per heavy atom. The van der Waals surface area contributed by atoms with Crippen molar-refractivity contribution < 1.29 is 4.57 Å². The van der Waals surface area contributed by atoms with E-state index in [-0.39, 0.29) is 0 Å². The summed E-state index contributed by atoms with van der Waals surface area (Å²) in [7, 11) is 2.11. The molecule has 0 radical (unpaired) electrons. The van der Waals surface area contributed by atoms with E-state index in [1.54, 1.807) is 0 Å². The highest BCUT2D eigenvalue weighted by Gasteiger charge is 2.13. The predicted octanol–water partition coefficient (Wildman–Crippen LogP) is 3.92. The van der Waals surface area contributed by atoms with Gasteiger partial charge in [0.25, 0.3) is 0 Å². The summed E-state index contributed by atoms with van der Waals surface area (Å²) in [5.41, 5.74) is 6.66. The molecule has 1 aromatic heterocycles. The van der Waals surface area contributed by atoms with Crippen LogP contribution in [0.1, 0.15) is 36.5 Å². The molecule has 0 fully saturated rings. The van der Waals surface area contributed by atoms with E-state index < -0.39 is 0 Å². The van der Waals surface area contributed by atoms with Crippen LogP contribution < -0.4 is 4.57 Å². The predicted molar refractivity (Wildman–Crippen MR) is 76.6 cm³/mol. The van der Waals surface area contributed by atoms with E-state index in [2.05, 4.69) is 75.8 Å². The van der Waals surface area contributed by atoms with Crippen molar-refractivity contribution in [1.29, 1.82) is 0 Å². The van der Waals surface area contributed by atoms with Crippen LogP contribution in [0.15, 0.2) is 36.5 Å². The van der Waals surface area contributed by atoms with Crippen molar-refractivity contribution in [3.8, 4) is 11.3 Å². The molecule has 94 valence electrons. The molecule has 1 aromatic carbocycles. The number of benzene rings is 1. The molecule has 0 aliphatic heterocycles. The molecule has 1 nitrogen and oxygen atoms in total. The van der Waals surface area contributed by atoms with Gasteiger partial charge in [-0.25, -0.2) is 4.57 Å². The van der Waals surface area contributed by atoms with Crippen molar-refractivity contribution in [2.45, 2.75) is 33.6 Å². The lowest BCUT2D eigenvalue weighted by Crippen LogP contribution is -2.30. The molecule has 0 N–H and O–H groups in total. The van der Waals surface area contributed by atoms with Crippen molar-refractivity contribution in [3.63, 3.8) is 0 Å². The zero-order valence-electron chi connectivity index (χ0n) is 12.0. The lowest BCUT2D eigenvalue weighted by Gasteiger charge is -2.10. The number of aromatic nitrogens is 1. The molecule has 0 saturated carbocycles. The monoisotopic (exact) mass is 240 g/mol. The first kappa shape index (κ1) is 12.8. The summed E-state index contributed by atoms with van der Waals surface area (Å²) >= 11 is 0. The number of hydrogen-bond donors (Lipinski definition) is 0. The van der Waals surface area contributed by atoms with Crippen LogP contribution >= 0.6 is 0 Å². The van der Waals surface area contributed by atoms with Gasteiger partial charge in [-0.05, 0) is 42.5 Å². The maximum atomic E-state index is 2.33. The number of aryl methyl sites for hydroxylation is 3. The molecule has 0 atom stereocenters. The second-order valence-corrected chi connectivity index (χ2v) is 5.43. The number of pyridine rings is 1. The first-order valence-corrected chi connectivity index (χ1v) is 6.56. The van der Waals surface area contributed by atoms with Crippen LogP contribution in [0.3, 0.4) is 0 Å². The van der Waals surface area contributed by atoms with E-state index in [4.69, 9.17) is 0 Å². The van der Waals surface area contributed by atoms with Gasteiger partial charge in [-0.2, -0.15) is 0 Å². The maximum Gasteiger partial charge on any atom is 0.212 e. The van der Waals surface area contributed by atoms with Gasteiger partial charge in [0.05, 0.1) is 0 Å². The Kier molecular flexibility index (Phi) is 3.51. The lowest BCUT2D eigenvalue weighted by molar-refractivity contribution is -0.660. The minimum Gasteiger partial charge on any atom is -0.201 e. The Hall–Kier alpha value is -1.63. The Morgan fingerprint density at radius 2 is 1.72 bits per heavy atom. The van der Waals surface area contributed by atoms with Crippen molar-refractivity contribution in [3.05, 3.63) is 53.2 Å². The molecule has 2 rings (SSSR count). The summed E-state index contributed by atoms with van der Waals surface area (Å²) in [5, 5.41) is 0. The number of hydrogen-bond acceptors (Lipinski definition) is 0. The van der Waals surface area contributed by atoms with Crippen LogP contribution in [-0.4, -0.2) is 0 Å². The summed E-state index contributed by atoms with van der Waals surface area (Å²) < 4.78 is 2.19. The fraction of sp³-hybridized carbons (Fsp3) is 0.353. The molecule has 0 aliphatic carbocycles. The molecular formula is C17H22N+. The topological polar surface area (TPSA) is 3.88 Å². The summed E-state index contributed by atoms with van der Waals surface area (Å²) in [6.07, 6.45) is 2.13. The highest BCUT2D eigenvalue weighted by atomic mass is 14.9. The van der Waals surface area contributed by atoms with E-state index in [0.29, 0.717) is 5.92 Å². The van der Waals surface area contributed by atoms with Crippen LogP contribution in [0, 0.1) is 13.8 Å². The highest BCUT2D eigenvalue weighted by Crippen LogP contribution is 2.25. The first-order chi connectivity index (χ1) is 8.49. The van der Waals surface area contributed by atoms with Gasteiger partial charge < -0.3 is 0 Å². The van der Waals surface area contributed by atoms with Gasteiger partial charge in [-0.15, -0.1) is 0 Å². The van der Waals surface area contributed by atoms with Crippen LogP contribution in [0.2, 0.25) is 0 Å². The molecule has 0 spiro atoms. The van der Waals surface area contributed by atoms with E-state index in [1.165, 1.54) is 27.9 Å². The molecular weight excluding hydrogens is 218 g/mol. The normalized spacial score (nSPS) is 11.0.